The average molecular weight is 186 g/mol. The standard InChI is InChI=1S/C14H18/c1-4-12(5-2)11-14-10-8-7-9-13(14)6-3/h4-5,7-10H,1,6,11H2,2-3H3/b12-5-. The van der Waals surface area contributed by atoms with Crippen molar-refractivity contribution in [1.82, 2.24) is 0 Å². The maximum absolute atomic E-state index is 3.82. The van der Waals surface area contributed by atoms with Crippen molar-refractivity contribution in [3.05, 3.63) is 59.7 Å². The molecule has 0 aliphatic rings. The van der Waals surface area contributed by atoms with Crippen LogP contribution < -0.4 is 0 Å². The van der Waals surface area contributed by atoms with Gasteiger partial charge in [0.15, 0.2) is 0 Å². The summed E-state index contributed by atoms with van der Waals surface area (Å²) in [7, 11) is 0. The lowest BCUT2D eigenvalue weighted by molar-refractivity contribution is 1.06. The Balaban J connectivity index is 2.90. The van der Waals surface area contributed by atoms with Crippen LogP contribution in [0.25, 0.3) is 0 Å². The van der Waals surface area contributed by atoms with E-state index in [9.17, 15) is 0 Å². The molecule has 0 saturated carbocycles. The van der Waals surface area contributed by atoms with E-state index in [1.54, 1.807) is 0 Å². The van der Waals surface area contributed by atoms with Crippen LogP contribution in [0.5, 0.6) is 0 Å². The monoisotopic (exact) mass is 186 g/mol. The smallest absolute Gasteiger partial charge is 0.00265 e. The van der Waals surface area contributed by atoms with Crippen molar-refractivity contribution in [3.63, 3.8) is 0 Å². The molecule has 1 aromatic rings. The molecule has 14 heavy (non-hydrogen) atoms. The van der Waals surface area contributed by atoms with Crippen molar-refractivity contribution in [2.45, 2.75) is 26.7 Å². The number of hydrogen-bond acceptors (Lipinski definition) is 0. The van der Waals surface area contributed by atoms with Gasteiger partial charge in [-0.05, 0) is 36.5 Å². The van der Waals surface area contributed by atoms with Crippen LogP contribution in [0.4, 0.5) is 0 Å². The third kappa shape index (κ3) is 2.59. The van der Waals surface area contributed by atoms with Gasteiger partial charge in [-0.1, -0.05) is 49.9 Å². The van der Waals surface area contributed by atoms with E-state index < -0.39 is 0 Å². The highest BCUT2D eigenvalue weighted by atomic mass is 14.0. The van der Waals surface area contributed by atoms with E-state index >= 15 is 0 Å². The van der Waals surface area contributed by atoms with Crippen molar-refractivity contribution >= 4 is 0 Å². The van der Waals surface area contributed by atoms with Gasteiger partial charge in [-0.3, -0.25) is 0 Å². The minimum atomic E-state index is 1.00. The number of hydrogen-bond donors (Lipinski definition) is 0. The van der Waals surface area contributed by atoms with E-state index in [0.717, 1.165) is 12.8 Å². The molecule has 0 aromatic heterocycles. The second kappa shape index (κ2) is 5.43. The van der Waals surface area contributed by atoms with Crippen LogP contribution in [0, 0.1) is 0 Å². The summed E-state index contributed by atoms with van der Waals surface area (Å²) in [5.74, 6) is 0. The van der Waals surface area contributed by atoms with E-state index in [4.69, 9.17) is 0 Å². The van der Waals surface area contributed by atoms with E-state index in [0.29, 0.717) is 0 Å². The second-order valence-electron chi connectivity index (χ2n) is 3.37. The highest BCUT2D eigenvalue weighted by Crippen LogP contribution is 2.14. The molecule has 0 saturated heterocycles. The Labute approximate surface area is 87.0 Å². The second-order valence-corrected chi connectivity index (χ2v) is 3.37. The van der Waals surface area contributed by atoms with E-state index in [-0.39, 0.29) is 0 Å². The Morgan fingerprint density at radius 1 is 1.29 bits per heavy atom. The first kappa shape index (κ1) is 10.8. The molecule has 0 spiro atoms. The molecule has 1 aromatic carbocycles. The van der Waals surface area contributed by atoms with E-state index in [1.807, 2.05) is 6.08 Å². The molecule has 0 atom stereocenters. The highest BCUT2D eigenvalue weighted by molar-refractivity contribution is 5.33. The lowest BCUT2D eigenvalue weighted by Gasteiger charge is -2.07. The first-order chi connectivity index (χ1) is 6.81. The van der Waals surface area contributed by atoms with E-state index in [1.165, 1.54) is 16.7 Å². The van der Waals surface area contributed by atoms with Gasteiger partial charge in [-0.25, -0.2) is 0 Å². The first-order valence-electron chi connectivity index (χ1n) is 5.16. The largest absolute Gasteiger partial charge is 0.0988 e. The third-order valence-electron chi connectivity index (χ3n) is 2.53. The molecule has 74 valence electrons. The summed E-state index contributed by atoms with van der Waals surface area (Å²) >= 11 is 0. The highest BCUT2D eigenvalue weighted by Gasteiger charge is 2.00. The number of rotatable bonds is 4. The molecule has 0 aliphatic heterocycles. The summed E-state index contributed by atoms with van der Waals surface area (Å²) in [5, 5.41) is 0. The number of aryl methyl sites for hydroxylation is 1. The zero-order chi connectivity index (χ0) is 10.4. The van der Waals surface area contributed by atoms with Crippen LogP contribution in [-0.2, 0) is 12.8 Å². The van der Waals surface area contributed by atoms with Crippen LogP contribution in [0.15, 0.2) is 48.6 Å². The zero-order valence-electron chi connectivity index (χ0n) is 9.09. The number of allylic oxidation sites excluding steroid dienone is 3. The molecule has 0 heteroatoms. The van der Waals surface area contributed by atoms with E-state index in [2.05, 4.69) is 50.8 Å². The molecule has 0 nitrogen and oxygen atoms in total. The fourth-order valence-electron chi connectivity index (χ4n) is 1.59. The Hall–Kier alpha value is -1.30. The summed E-state index contributed by atoms with van der Waals surface area (Å²) in [6.45, 7) is 8.07. The first-order valence-corrected chi connectivity index (χ1v) is 5.16. The summed E-state index contributed by atoms with van der Waals surface area (Å²) in [6, 6.07) is 8.61. The van der Waals surface area contributed by atoms with Crippen LogP contribution in [0.3, 0.4) is 0 Å². The molecular formula is C14H18. The van der Waals surface area contributed by atoms with Crippen molar-refractivity contribution in [2.24, 2.45) is 0 Å². The molecule has 0 N–H and O–H groups in total. The lowest BCUT2D eigenvalue weighted by atomic mass is 9.98. The van der Waals surface area contributed by atoms with Gasteiger partial charge in [0, 0.05) is 0 Å². The molecule has 0 unspecified atom stereocenters. The fourth-order valence-corrected chi connectivity index (χ4v) is 1.59. The minimum Gasteiger partial charge on any atom is -0.0988 e. The van der Waals surface area contributed by atoms with Crippen molar-refractivity contribution in [3.8, 4) is 0 Å². The Morgan fingerprint density at radius 2 is 1.93 bits per heavy atom. The molecular weight excluding hydrogens is 168 g/mol. The molecule has 0 fully saturated rings. The molecule has 0 heterocycles. The normalized spacial score (nSPS) is 11.4. The SMILES string of the molecule is C=C/C(=C/C)Cc1ccccc1CC. The fraction of sp³-hybridized carbons (Fsp3) is 0.286. The predicted octanol–water partition coefficient (Wildman–Crippen LogP) is 3.92. The maximum Gasteiger partial charge on any atom is -0.00265 e. The summed E-state index contributed by atoms with van der Waals surface area (Å²) in [5.41, 5.74) is 4.16. The molecule has 0 aliphatic carbocycles. The molecule has 1 rings (SSSR count). The van der Waals surface area contributed by atoms with Gasteiger partial charge in [0.05, 0.1) is 0 Å². The number of benzene rings is 1. The van der Waals surface area contributed by atoms with Crippen molar-refractivity contribution in [1.29, 1.82) is 0 Å². The van der Waals surface area contributed by atoms with Gasteiger partial charge in [0.25, 0.3) is 0 Å². The van der Waals surface area contributed by atoms with Gasteiger partial charge in [0.2, 0.25) is 0 Å². The average Bonchev–Trinajstić information content (AvgIpc) is 2.26. The Bertz CT molecular complexity index is 332. The topological polar surface area (TPSA) is 0 Å². The van der Waals surface area contributed by atoms with Crippen LogP contribution >= 0.6 is 0 Å². The summed E-state index contributed by atoms with van der Waals surface area (Å²) in [6.07, 6.45) is 6.17. The summed E-state index contributed by atoms with van der Waals surface area (Å²) < 4.78 is 0. The molecule has 0 amide bonds. The van der Waals surface area contributed by atoms with Gasteiger partial charge < -0.3 is 0 Å². The Morgan fingerprint density at radius 3 is 2.43 bits per heavy atom. The lowest BCUT2D eigenvalue weighted by Crippen LogP contribution is -1.93. The van der Waals surface area contributed by atoms with Crippen LogP contribution in [0.1, 0.15) is 25.0 Å². The Kier molecular flexibility index (Phi) is 4.18. The maximum atomic E-state index is 3.82. The van der Waals surface area contributed by atoms with Gasteiger partial charge >= 0.3 is 0 Å². The summed E-state index contributed by atoms with van der Waals surface area (Å²) in [4.78, 5) is 0. The van der Waals surface area contributed by atoms with Crippen molar-refractivity contribution in [2.75, 3.05) is 0 Å². The predicted molar refractivity (Wildman–Crippen MR) is 63.5 cm³/mol. The molecule has 0 bridgehead atoms. The minimum absolute atomic E-state index is 1.00. The molecule has 0 radical (unpaired) electrons. The van der Waals surface area contributed by atoms with Gasteiger partial charge in [0.1, 0.15) is 0 Å². The van der Waals surface area contributed by atoms with Crippen molar-refractivity contribution < 1.29 is 0 Å². The van der Waals surface area contributed by atoms with Crippen LogP contribution in [0.2, 0.25) is 0 Å². The quantitative estimate of drug-likeness (QED) is 0.625. The van der Waals surface area contributed by atoms with Gasteiger partial charge in [-0.2, -0.15) is 0 Å². The van der Waals surface area contributed by atoms with Gasteiger partial charge in [-0.15, -0.1) is 0 Å². The third-order valence-corrected chi connectivity index (χ3v) is 2.53. The zero-order valence-corrected chi connectivity index (χ0v) is 9.09. The van der Waals surface area contributed by atoms with Crippen LogP contribution in [-0.4, -0.2) is 0 Å².